The molecule has 114 valence electrons. The van der Waals surface area contributed by atoms with E-state index in [9.17, 15) is 13.2 Å². The Morgan fingerprint density at radius 1 is 1.29 bits per heavy atom. The number of carbonyl (C=O) groups is 1. The second kappa shape index (κ2) is 7.04. The Morgan fingerprint density at radius 2 is 2.00 bits per heavy atom. The Bertz CT molecular complexity index is 740. The van der Waals surface area contributed by atoms with Crippen LogP contribution in [-0.2, 0) is 21.1 Å². The van der Waals surface area contributed by atoms with Crippen LogP contribution in [0.2, 0.25) is 0 Å². The number of carbonyl (C=O) groups excluding carboxylic acids is 1. The lowest BCUT2D eigenvalue weighted by Crippen LogP contribution is -2.05. The first-order valence-corrected chi connectivity index (χ1v) is 8.01. The molecule has 0 aliphatic rings. The van der Waals surface area contributed by atoms with Gasteiger partial charge in [0, 0.05) is 11.4 Å². The maximum atomic E-state index is 12.4. The molecule has 2 rings (SSSR count). The van der Waals surface area contributed by atoms with Crippen LogP contribution in [0.25, 0.3) is 0 Å². The van der Waals surface area contributed by atoms with Crippen molar-refractivity contribution in [1.29, 1.82) is 0 Å². The van der Waals surface area contributed by atoms with Crippen LogP contribution in [0.3, 0.4) is 0 Å². The second-order valence-corrected chi connectivity index (χ2v) is 7.29. The molecule has 5 nitrogen and oxygen atoms in total. The summed E-state index contributed by atoms with van der Waals surface area (Å²) in [4.78, 5) is 12.3. The summed E-state index contributed by atoms with van der Waals surface area (Å²) in [5.74, 6) is -0.573. The van der Waals surface area contributed by atoms with Gasteiger partial charge >= 0.3 is 5.97 Å². The molecular weight excluding hydrogens is 334 g/mol. The number of ether oxygens (including phenoxy) is 1. The van der Waals surface area contributed by atoms with Crippen LogP contribution >= 0.6 is 23.7 Å². The van der Waals surface area contributed by atoms with Crippen molar-refractivity contribution in [2.45, 2.75) is 15.6 Å². The van der Waals surface area contributed by atoms with E-state index in [1.165, 1.54) is 37.4 Å². The Hall–Kier alpha value is -1.41. The minimum Gasteiger partial charge on any atom is -0.465 e. The Labute approximate surface area is 133 Å². The summed E-state index contributed by atoms with van der Waals surface area (Å²) in [7, 11) is -2.39. The largest absolute Gasteiger partial charge is 0.465 e. The number of thiophene rings is 1. The van der Waals surface area contributed by atoms with Gasteiger partial charge in [0.05, 0.1) is 17.6 Å². The normalized spacial score (nSPS) is 10.8. The molecule has 0 aliphatic carbocycles. The van der Waals surface area contributed by atoms with Crippen LogP contribution in [0.15, 0.2) is 45.5 Å². The van der Waals surface area contributed by atoms with Crippen molar-refractivity contribution >= 4 is 39.6 Å². The molecule has 1 heterocycles. The van der Waals surface area contributed by atoms with Crippen molar-refractivity contribution in [1.82, 2.24) is 0 Å². The van der Waals surface area contributed by atoms with Crippen molar-refractivity contribution in [2.24, 2.45) is 5.73 Å². The Morgan fingerprint density at radius 3 is 2.57 bits per heavy atom. The second-order valence-electron chi connectivity index (χ2n) is 3.95. The fourth-order valence-electron chi connectivity index (χ4n) is 1.64. The van der Waals surface area contributed by atoms with Gasteiger partial charge in [-0.15, -0.1) is 23.7 Å². The molecule has 0 spiro atoms. The lowest BCUT2D eigenvalue weighted by molar-refractivity contribution is 0.0600. The van der Waals surface area contributed by atoms with Crippen molar-refractivity contribution in [3.8, 4) is 0 Å². The third kappa shape index (κ3) is 3.62. The highest BCUT2D eigenvalue weighted by molar-refractivity contribution is 7.93. The number of halogens is 1. The summed E-state index contributed by atoms with van der Waals surface area (Å²) >= 11 is 1.13. The highest BCUT2D eigenvalue weighted by Gasteiger charge is 2.21. The third-order valence-electron chi connectivity index (χ3n) is 2.67. The molecule has 0 aliphatic heterocycles. The number of sulfone groups is 1. The Kier molecular flexibility index (Phi) is 5.91. The molecule has 1 aromatic heterocycles. The van der Waals surface area contributed by atoms with Crippen LogP contribution in [0.4, 0.5) is 0 Å². The molecule has 21 heavy (non-hydrogen) atoms. The minimum absolute atomic E-state index is 0. The van der Waals surface area contributed by atoms with Gasteiger partial charge in [-0.2, -0.15) is 0 Å². The van der Waals surface area contributed by atoms with Gasteiger partial charge in [-0.1, -0.05) is 6.07 Å². The first-order chi connectivity index (χ1) is 9.48. The average molecular weight is 348 g/mol. The minimum atomic E-state index is -3.64. The molecule has 0 saturated heterocycles. The lowest BCUT2D eigenvalue weighted by atomic mass is 10.2. The van der Waals surface area contributed by atoms with E-state index in [0.29, 0.717) is 6.54 Å². The van der Waals surface area contributed by atoms with Gasteiger partial charge in [0.15, 0.2) is 0 Å². The van der Waals surface area contributed by atoms with Crippen LogP contribution in [-0.4, -0.2) is 21.5 Å². The number of nitrogens with two attached hydrogens (primary N) is 1. The lowest BCUT2D eigenvalue weighted by Gasteiger charge is -2.04. The van der Waals surface area contributed by atoms with Gasteiger partial charge in [-0.05, 0) is 30.3 Å². The quantitative estimate of drug-likeness (QED) is 0.857. The standard InChI is InChI=1S/C13H13NO4S2.ClH/c1-18-13(15)9-3-2-4-11(7-9)20(16,17)12-6-5-10(8-14)19-12;/h2-7H,8,14H2,1H3;1H. The SMILES string of the molecule is COC(=O)c1cccc(S(=O)(=O)c2ccc(CN)s2)c1.Cl. The van der Waals surface area contributed by atoms with Crippen LogP contribution in [0.1, 0.15) is 15.2 Å². The summed E-state index contributed by atoms with van der Waals surface area (Å²) in [5, 5.41) is 0. The molecule has 8 heteroatoms. The molecule has 0 unspecified atom stereocenters. The molecule has 0 saturated carbocycles. The van der Waals surface area contributed by atoms with Gasteiger partial charge in [-0.25, -0.2) is 13.2 Å². The molecule has 2 aromatic rings. The summed E-state index contributed by atoms with van der Waals surface area (Å²) in [6, 6.07) is 8.97. The number of hydrogen-bond acceptors (Lipinski definition) is 6. The van der Waals surface area contributed by atoms with Crippen LogP contribution in [0.5, 0.6) is 0 Å². The van der Waals surface area contributed by atoms with E-state index in [1.54, 1.807) is 6.07 Å². The van der Waals surface area contributed by atoms with Crippen molar-refractivity contribution < 1.29 is 17.9 Å². The molecule has 0 bridgehead atoms. The number of rotatable bonds is 4. The molecule has 0 radical (unpaired) electrons. The number of hydrogen-bond donors (Lipinski definition) is 1. The number of benzene rings is 1. The number of methoxy groups -OCH3 is 1. The smallest absolute Gasteiger partial charge is 0.337 e. The maximum Gasteiger partial charge on any atom is 0.337 e. The predicted octanol–water partition coefficient (Wildman–Crippen LogP) is 2.25. The van der Waals surface area contributed by atoms with Crippen LogP contribution in [0, 0.1) is 0 Å². The van der Waals surface area contributed by atoms with Gasteiger partial charge in [-0.3, -0.25) is 0 Å². The zero-order valence-corrected chi connectivity index (χ0v) is 13.6. The zero-order valence-electron chi connectivity index (χ0n) is 11.1. The molecule has 1 aromatic carbocycles. The van der Waals surface area contributed by atoms with Crippen molar-refractivity contribution in [3.05, 3.63) is 46.8 Å². The molecule has 0 fully saturated rings. The summed E-state index contributed by atoms with van der Waals surface area (Å²) in [5.41, 5.74) is 5.68. The van der Waals surface area contributed by atoms with Gasteiger partial charge in [0.25, 0.3) is 0 Å². The van der Waals surface area contributed by atoms with Gasteiger partial charge in [0.1, 0.15) is 4.21 Å². The average Bonchev–Trinajstić information content (AvgIpc) is 2.96. The molecular formula is C13H14ClNO4S2. The summed E-state index contributed by atoms with van der Waals surface area (Å²) in [6.45, 7) is 0.294. The van der Waals surface area contributed by atoms with Gasteiger partial charge < -0.3 is 10.5 Å². The third-order valence-corrected chi connectivity index (χ3v) is 6.02. The van der Waals surface area contributed by atoms with E-state index in [-0.39, 0.29) is 27.1 Å². The van der Waals surface area contributed by atoms with E-state index < -0.39 is 15.8 Å². The van der Waals surface area contributed by atoms with E-state index >= 15 is 0 Å². The zero-order chi connectivity index (χ0) is 14.8. The van der Waals surface area contributed by atoms with E-state index in [0.717, 1.165) is 16.2 Å². The summed E-state index contributed by atoms with van der Waals surface area (Å²) in [6.07, 6.45) is 0. The first kappa shape index (κ1) is 17.6. The van der Waals surface area contributed by atoms with Crippen molar-refractivity contribution in [2.75, 3.05) is 7.11 Å². The molecule has 2 N–H and O–H groups in total. The highest BCUT2D eigenvalue weighted by atomic mass is 35.5. The fraction of sp³-hybridized carbons (Fsp3) is 0.154. The van der Waals surface area contributed by atoms with Crippen LogP contribution < -0.4 is 5.73 Å². The van der Waals surface area contributed by atoms with E-state index in [4.69, 9.17) is 5.73 Å². The van der Waals surface area contributed by atoms with Crippen molar-refractivity contribution in [3.63, 3.8) is 0 Å². The topological polar surface area (TPSA) is 86.5 Å². The predicted molar refractivity (Wildman–Crippen MR) is 82.7 cm³/mol. The molecule has 0 atom stereocenters. The van der Waals surface area contributed by atoms with Gasteiger partial charge in [0.2, 0.25) is 9.84 Å². The fourth-order valence-corrected chi connectivity index (χ4v) is 4.32. The van der Waals surface area contributed by atoms with E-state index in [1.807, 2.05) is 0 Å². The first-order valence-electron chi connectivity index (χ1n) is 5.71. The van der Waals surface area contributed by atoms with E-state index in [2.05, 4.69) is 4.74 Å². The monoisotopic (exact) mass is 347 g/mol. The Balaban J connectivity index is 0.00000220. The molecule has 0 amide bonds. The number of esters is 1. The summed E-state index contributed by atoms with van der Waals surface area (Å²) < 4.78 is 29.7. The maximum absolute atomic E-state index is 12.4. The highest BCUT2D eigenvalue weighted by Crippen LogP contribution is 2.28.